The molecular formula is C25H27BrN2O3. The Hall–Kier alpha value is -2.86. The lowest BCUT2D eigenvalue weighted by Gasteiger charge is -2.20. The van der Waals surface area contributed by atoms with Gasteiger partial charge in [0.25, 0.3) is 5.91 Å². The number of carbonyl (C=O) groups is 2. The van der Waals surface area contributed by atoms with Gasteiger partial charge < -0.3 is 10.1 Å². The number of fused-ring (bicyclic) bond motifs is 1. The van der Waals surface area contributed by atoms with Crippen molar-refractivity contribution in [1.82, 2.24) is 5.32 Å². The average molecular weight is 483 g/mol. The molecular weight excluding hydrogens is 456 g/mol. The third kappa shape index (κ3) is 5.64. The van der Waals surface area contributed by atoms with Gasteiger partial charge in [-0.15, -0.1) is 0 Å². The molecule has 0 saturated carbocycles. The average Bonchev–Trinajstić information content (AvgIpc) is 2.68. The fourth-order valence-corrected chi connectivity index (χ4v) is 3.86. The van der Waals surface area contributed by atoms with E-state index in [1.54, 1.807) is 39.0 Å². The molecule has 3 rings (SSSR count). The molecule has 0 aliphatic carbocycles. The van der Waals surface area contributed by atoms with E-state index in [0.717, 1.165) is 26.4 Å². The zero-order chi connectivity index (χ0) is 22.8. The highest BCUT2D eigenvalue weighted by Gasteiger charge is 2.19. The Bertz CT molecular complexity index is 1140. The van der Waals surface area contributed by atoms with E-state index in [2.05, 4.69) is 32.6 Å². The van der Waals surface area contributed by atoms with Crippen molar-refractivity contribution in [2.75, 3.05) is 5.32 Å². The minimum atomic E-state index is -0.599. The topological polar surface area (TPSA) is 67.4 Å². The van der Waals surface area contributed by atoms with Crippen LogP contribution < -0.4 is 10.6 Å². The summed E-state index contributed by atoms with van der Waals surface area (Å²) in [7, 11) is 0. The molecule has 0 fully saturated rings. The molecule has 0 aliphatic heterocycles. The number of benzene rings is 3. The number of amides is 2. The molecule has 0 heterocycles. The van der Waals surface area contributed by atoms with Gasteiger partial charge in [-0.25, -0.2) is 4.79 Å². The second kappa shape index (κ2) is 9.10. The molecule has 3 aromatic rings. The van der Waals surface area contributed by atoms with Gasteiger partial charge in [-0.2, -0.15) is 0 Å². The van der Waals surface area contributed by atoms with Crippen LogP contribution >= 0.6 is 15.9 Å². The van der Waals surface area contributed by atoms with Crippen LogP contribution in [0.5, 0.6) is 0 Å². The van der Waals surface area contributed by atoms with Crippen molar-refractivity contribution in [3.8, 4) is 0 Å². The summed E-state index contributed by atoms with van der Waals surface area (Å²) in [5.74, 6) is -0.204. The minimum Gasteiger partial charge on any atom is -0.444 e. The van der Waals surface area contributed by atoms with Gasteiger partial charge in [-0.05, 0) is 74.7 Å². The van der Waals surface area contributed by atoms with Crippen LogP contribution in [-0.4, -0.2) is 17.6 Å². The first-order valence-electron chi connectivity index (χ1n) is 10.1. The summed E-state index contributed by atoms with van der Waals surface area (Å²) in [5.41, 5.74) is 2.26. The van der Waals surface area contributed by atoms with Crippen LogP contribution in [0.15, 0.2) is 59.1 Å². The van der Waals surface area contributed by atoms with Crippen molar-refractivity contribution in [3.05, 3.63) is 75.8 Å². The second-order valence-corrected chi connectivity index (χ2v) is 9.39. The number of carbonyl (C=O) groups excluding carboxylic acids is 2. The van der Waals surface area contributed by atoms with Gasteiger partial charge in [0.05, 0.1) is 6.04 Å². The smallest absolute Gasteiger partial charge is 0.412 e. The first kappa shape index (κ1) is 22.8. The highest BCUT2D eigenvalue weighted by atomic mass is 79.9. The van der Waals surface area contributed by atoms with Crippen molar-refractivity contribution < 1.29 is 14.3 Å². The van der Waals surface area contributed by atoms with Gasteiger partial charge in [0.2, 0.25) is 0 Å². The molecule has 0 spiro atoms. The molecule has 0 bridgehead atoms. The van der Waals surface area contributed by atoms with E-state index in [0.29, 0.717) is 11.3 Å². The fraction of sp³-hybridized carbons (Fsp3) is 0.280. The van der Waals surface area contributed by atoms with E-state index in [1.165, 1.54) is 0 Å². The highest BCUT2D eigenvalue weighted by Crippen LogP contribution is 2.30. The van der Waals surface area contributed by atoms with Crippen LogP contribution in [0.4, 0.5) is 10.5 Å². The maximum absolute atomic E-state index is 13.1. The Labute approximate surface area is 191 Å². The van der Waals surface area contributed by atoms with E-state index in [1.807, 2.05) is 44.2 Å². The number of aryl methyl sites for hydroxylation is 1. The molecule has 162 valence electrons. The summed E-state index contributed by atoms with van der Waals surface area (Å²) in [6.45, 7) is 9.23. The first-order valence-corrected chi connectivity index (χ1v) is 10.9. The largest absolute Gasteiger partial charge is 0.444 e. The molecule has 31 heavy (non-hydrogen) atoms. The van der Waals surface area contributed by atoms with Crippen molar-refractivity contribution in [3.63, 3.8) is 0 Å². The molecule has 0 unspecified atom stereocenters. The number of ether oxygens (including phenoxy) is 1. The first-order chi connectivity index (χ1) is 14.5. The lowest BCUT2D eigenvalue weighted by molar-refractivity contribution is 0.0635. The number of hydrogen-bond donors (Lipinski definition) is 2. The summed E-state index contributed by atoms with van der Waals surface area (Å²) in [5, 5.41) is 7.96. The lowest BCUT2D eigenvalue weighted by Crippen LogP contribution is -2.28. The number of rotatable bonds is 4. The standard InChI is InChI=1S/C25H27BrN2O3/c1-15-10-11-17(28-24(30)31-25(3,4)5)14-21(15)23(29)27-16(2)18-12-13-22(26)20-9-7-6-8-19(18)20/h6-14,16H,1-5H3,(H,27,29)(H,28,30)/t16-/m1/s1. The van der Waals surface area contributed by atoms with E-state index in [-0.39, 0.29) is 11.9 Å². The molecule has 0 saturated heterocycles. The number of nitrogens with one attached hydrogen (secondary N) is 2. The van der Waals surface area contributed by atoms with Crippen molar-refractivity contribution in [1.29, 1.82) is 0 Å². The lowest BCUT2D eigenvalue weighted by atomic mass is 9.99. The number of hydrogen-bond acceptors (Lipinski definition) is 3. The molecule has 2 N–H and O–H groups in total. The van der Waals surface area contributed by atoms with Crippen molar-refractivity contribution in [2.24, 2.45) is 0 Å². The van der Waals surface area contributed by atoms with Crippen LogP contribution in [0.25, 0.3) is 10.8 Å². The molecule has 5 nitrogen and oxygen atoms in total. The van der Waals surface area contributed by atoms with Crippen LogP contribution in [0.3, 0.4) is 0 Å². The monoisotopic (exact) mass is 482 g/mol. The van der Waals surface area contributed by atoms with Gasteiger partial charge in [-0.3, -0.25) is 10.1 Å². The molecule has 2 amide bonds. The van der Waals surface area contributed by atoms with E-state index < -0.39 is 11.7 Å². The Kier molecular flexibility index (Phi) is 6.70. The Morgan fingerprint density at radius 3 is 2.35 bits per heavy atom. The van der Waals surface area contributed by atoms with Gasteiger partial charge >= 0.3 is 6.09 Å². The molecule has 0 aromatic heterocycles. The second-order valence-electron chi connectivity index (χ2n) is 8.53. The van der Waals surface area contributed by atoms with Crippen LogP contribution in [0.1, 0.15) is 55.2 Å². The summed E-state index contributed by atoms with van der Waals surface area (Å²) in [6, 6.07) is 17.1. The van der Waals surface area contributed by atoms with Crippen LogP contribution in [0.2, 0.25) is 0 Å². The molecule has 0 radical (unpaired) electrons. The van der Waals surface area contributed by atoms with Crippen molar-refractivity contribution >= 4 is 44.4 Å². The van der Waals surface area contributed by atoms with Gasteiger partial charge in [0.1, 0.15) is 5.60 Å². The molecule has 1 atom stereocenters. The normalized spacial score (nSPS) is 12.3. The molecule has 6 heteroatoms. The zero-order valence-electron chi connectivity index (χ0n) is 18.4. The predicted octanol–water partition coefficient (Wildman–Crippen LogP) is 6.75. The van der Waals surface area contributed by atoms with Crippen LogP contribution in [0, 0.1) is 6.92 Å². The van der Waals surface area contributed by atoms with Crippen LogP contribution in [-0.2, 0) is 4.74 Å². The maximum Gasteiger partial charge on any atom is 0.412 e. The summed E-state index contributed by atoms with van der Waals surface area (Å²) < 4.78 is 6.31. The zero-order valence-corrected chi connectivity index (χ0v) is 20.0. The third-order valence-electron chi connectivity index (χ3n) is 4.85. The SMILES string of the molecule is Cc1ccc(NC(=O)OC(C)(C)C)cc1C(=O)N[C@H](C)c1ccc(Br)c2ccccc12. The van der Waals surface area contributed by atoms with Crippen molar-refractivity contribution in [2.45, 2.75) is 46.3 Å². The Morgan fingerprint density at radius 1 is 1.00 bits per heavy atom. The Balaban J connectivity index is 1.81. The molecule has 0 aliphatic rings. The quantitative estimate of drug-likeness (QED) is 0.432. The number of anilines is 1. The minimum absolute atomic E-state index is 0.202. The molecule has 3 aromatic carbocycles. The van der Waals surface area contributed by atoms with Gasteiger partial charge in [0.15, 0.2) is 0 Å². The van der Waals surface area contributed by atoms with E-state index >= 15 is 0 Å². The number of halogens is 1. The summed E-state index contributed by atoms with van der Waals surface area (Å²) in [4.78, 5) is 25.1. The maximum atomic E-state index is 13.1. The summed E-state index contributed by atoms with van der Waals surface area (Å²) in [6.07, 6.45) is -0.558. The third-order valence-corrected chi connectivity index (χ3v) is 5.54. The van der Waals surface area contributed by atoms with E-state index in [9.17, 15) is 9.59 Å². The Morgan fingerprint density at radius 2 is 1.68 bits per heavy atom. The predicted molar refractivity (Wildman–Crippen MR) is 129 cm³/mol. The van der Waals surface area contributed by atoms with Gasteiger partial charge in [0, 0.05) is 15.7 Å². The van der Waals surface area contributed by atoms with Gasteiger partial charge in [-0.1, -0.05) is 52.3 Å². The summed E-state index contributed by atoms with van der Waals surface area (Å²) >= 11 is 3.59. The highest BCUT2D eigenvalue weighted by molar-refractivity contribution is 9.10. The fourth-order valence-electron chi connectivity index (χ4n) is 3.38. The van der Waals surface area contributed by atoms with E-state index in [4.69, 9.17) is 4.74 Å².